The normalized spacial score (nSPS) is 11.6. The summed E-state index contributed by atoms with van der Waals surface area (Å²) in [6, 6.07) is 8.11. The maximum Gasteiger partial charge on any atom is 0.254 e. The van der Waals surface area contributed by atoms with Crippen molar-refractivity contribution in [2.75, 3.05) is 0 Å². The Kier molecular flexibility index (Phi) is 6.65. The zero-order valence-electron chi connectivity index (χ0n) is 13.2. The van der Waals surface area contributed by atoms with Crippen LogP contribution >= 0.6 is 12.4 Å². The minimum Gasteiger partial charge on any atom is -0.467 e. The molecule has 0 fully saturated rings. The van der Waals surface area contributed by atoms with Gasteiger partial charge in [-0.25, -0.2) is 0 Å². The fraction of sp³-hybridized carbons (Fsp3) is 0.353. The summed E-state index contributed by atoms with van der Waals surface area (Å²) in [6.45, 7) is 6.48. The number of amides is 1. The number of hydrogen-bond donors (Lipinski definition) is 2. The molecule has 3 N–H and O–H groups in total. The van der Waals surface area contributed by atoms with Gasteiger partial charge in [0.1, 0.15) is 12.0 Å². The Morgan fingerprint density at radius 1 is 1.32 bits per heavy atom. The van der Waals surface area contributed by atoms with Gasteiger partial charge < -0.3 is 15.5 Å². The lowest BCUT2D eigenvalue weighted by atomic mass is 10.00. The second kappa shape index (κ2) is 8.01. The molecule has 0 aliphatic carbocycles. The molecule has 0 bridgehead atoms. The Morgan fingerprint density at radius 3 is 2.64 bits per heavy atom. The fourth-order valence-corrected chi connectivity index (χ4v) is 2.37. The van der Waals surface area contributed by atoms with Crippen LogP contribution in [0, 0.1) is 13.8 Å². The molecule has 5 heteroatoms. The Balaban J connectivity index is 0.00000242. The summed E-state index contributed by atoms with van der Waals surface area (Å²) in [7, 11) is 0. The number of rotatable bonds is 5. The predicted molar refractivity (Wildman–Crippen MR) is 90.4 cm³/mol. The van der Waals surface area contributed by atoms with Gasteiger partial charge in [-0.15, -0.1) is 12.4 Å². The zero-order chi connectivity index (χ0) is 15.4. The minimum atomic E-state index is -0.129. The largest absolute Gasteiger partial charge is 0.467 e. The first-order valence-corrected chi connectivity index (χ1v) is 7.14. The number of nitrogens with one attached hydrogen (secondary N) is 1. The van der Waals surface area contributed by atoms with Crippen LogP contribution in [0.1, 0.15) is 39.7 Å². The van der Waals surface area contributed by atoms with E-state index in [1.165, 1.54) is 23.0 Å². The van der Waals surface area contributed by atoms with E-state index in [0.717, 1.165) is 6.42 Å². The second-order valence-corrected chi connectivity index (χ2v) is 5.51. The molecule has 2 rings (SSSR count). The van der Waals surface area contributed by atoms with Gasteiger partial charge in [-0.1, -0.05) is 23.8 Å². The molecule has 0 spiro atoms. The monoisotopic (exact) mass is 322 g/mol. The maximum absolute atomic E-state index is 12.1. The highest BCUT2D eigenvalue weighted by Gasteiger charge is 2.13. The van der Waals surface area contributed by atoms with E-state index in [2.05, 4.69) is 37.4 Å². The van der Waals surface area contributed by atoms with Gasteiger partial charge in [0.25, 0.3) is 5.91 Å². The summed E-state index contributed by atoms with van der Waals surface area (Å²) in [5.74, 6) is 0.484. The van der Waals surface area contributed by atoms with Gasteiger partial charge in [-0.2, -0.15) is 0 Å². The van der Waals surface area contributed by atoms with Gasteiger partial charge in [0.05, 0.1) is 12.1 Å². The van der Waals surface area contributed by atoms with Gasteiger partial charge in [-0.3, -0.25) is 4.79 Å². The number of benzene rings is 1. The molecule has 0 saturated heterocycles. The number of hydrogen-bond acceptors (Lipinski definition) is 3. The van der Waals surface area contributed by atoms with Crippen molar-refractivity contribution >= 4 is 18.3 Å². The first kappa shape index (κ1) is 18.3. The lowest BCUT2D eigenvalue weighted by Gasteiger charge is -2.15. The van der Waals surface area contributed by atoms with E-state index < -0.39 is 0 Å². The standard InChI is InChI=1S/C17H22N2O2.ClH/c1-11-4-5-14(12(2)6-11)7-13(3)19-17(20)15-8-16(9-18)21-10-15;/h4-6,8,10,13H,7,9,18H2,1-3H3,(H,19,20);1H. The first-order valence-electron chi connectivity index (χ1n) is 7.14. The number of carbonyl (C=O) groups is 1. The van der Waals surface area contributed by atoms with Crippen LogP contribution in [0.25, 0.3) is 0 Å². The summed E-state index contributed by atoms with van der Waals surface area (Å²) in [6.07, 6.45) is 2.25. The SMILES string of the molecule is Cc1ccc(CC(C)NC(=O)c2coc(CN)c2)c(C)c1.Cl. The number of furan rings is 1. The van der Waals surface area contributed by atoms with Crippen LogP contribution < -0.4 is 11.1 Å². The van der Waals surface area contributed by atoms with E-state index in [1.54, 1.807) is 6.07 Å². The van der Waals surface area contributed by atoms with Gasteiger partial charge >= 0.3 is 0 Å². The van der Waals surface area contributed by atoms with E-state index in [1.807, 2.05) is 6.92 Å². The molecule has 1 aromatic heterocycles. The van der Waals surface area contributed by atoms with Crippen molar-refractivity contribution in [3.63, 3.8) is 0 Å². The molecule has 4 nitrogen and oxygen atoms in total. The molecule has 0 radical (unpaired) electrons. The van der Waals surface area contributed by atoms with E-state index in [4.69, 9.17) is 10.2 Å². The van der Waals surface area contributed by atoms with Crippen molar-refractivity contribution in [3.05, 3.63) is 58.5 Å². The molecule has 0 aliphatic heterocycles. The molecule has 1 amide bonds. The van der Waals surface area contributed by atoms with E-state index in [-0.39, 0.29) is 24.4 Å². The third-order valence-electron chi connectivity index (χ3n) is 3.52. The van der Waals surface area contributed by atoms with Crippen LogP contribution in [0.4, 0.5) is 0 Å². The number of nitrogens with two attached hydrogens (primary N) is 1. The average molecular weight is 323 g/mol. The lowest BCUT2D eigenvalue weighted by Crippen LogP contribution is -2.34. The molecular weight excluding hydrogens is 300 g/mol. The smallest absolute Gasteiger partial charge is 0.254 e. The predicted octanol–water partition coefficient (Wildman–Crippen LogP) is 3.14. The summed E-state index contributed by atoms with van der Waals surface area (Å²) in [4.78, 5) is 12.1. The molecule has 1 atom stereocenters. The minimum absolute atomic E-state index is 0. The Hall–Kier alpha value is -1.78. The Labute approximate surface area is 137 Å². The molecule has 0 saturated carbocycles. The third kappa shape index (κ3) is 4.61. The third-order valence-corrected chi connectivity index (χ3v) is 3.52. The van der Waals surface area contributed by atoms with E-state index in [9.17, 15) is 4.79 Å². The summed E-state index contributed by atoms with van der Waals surface area (Å²) >= 11 is 0. The first-order chi connectivity index (χ1) is 9.99. The van der Waals surface area contributed by atoms with Crippen molar-refractivity contribution in [1.82, 2.24) is 5.32 Å². The average Bonchev–Trinajstić information content (AvgIpc) is 2.91. The van der Waals surface area contributed by atoms with Crippen LogP contribution in [-0.2, 0) is 13.0 Å². The lowest BCUT2D eigenvalue weighted by molar-refractivity contribution is 0.0939. The van der Waals surface area contributed by atoms with E-state index >= 15 is 0 Å². The van der Waals surface area contributed by atoms with Crippen LogP contribution in [0.2, 0.25) is 0 Å². The molecule has 22 heavy (non-hydrogen) atoms. The molecule has 1 unspecified atom stereocenters. The van der Waals surface area contributed by atoms with Crippen molar-refractivity contribution in [1.29, 1.82) is 0 Å². The van der Waals surface area contributed by atoms with Crippen molar-refractivity contribution < 1.29 is 9.21 Å². The van der Waals surface area contributed by atoms with Gasteiger partial charge in [-0.05, 0) is 44.4 Å². The number of aryl methyl sites for hydroxylation is 2. The molecular formula is C17H23ClN2O2. The van der Waals surface area contributed by atoms with Crippen LogP contribution in [0.15, 0.2) is 34.9 Å². The van der Waals surface area contributed by atoms with Crippen molar-refractivity contribution in [2.45, 2.75) is 39.8 Å². The summed E-state index contributed by atoms with van der Waals surface area (Å²) < 4.78 is 5.18. The van der Waals surface area contributed by atoms with Gasteiger partial charge in [0.2, 0.25) is 0 Å². The summed E-state index contributed by atoms with van der Waals surface area (Å²) in [5, 5.41) is 2.98. The highest BCUT2D eigenvalue weighted by molar-refractivity contribution is 5.94. The Morgan fingerprint density at radius 2 is 2.05 bits per heavy atom. The highest BCUT2D eigenvalue weighted by atomic mass is 35.5. The molecule has 120 valence electrons. The molecule has 2 aromatic rings. The zero-order valence-corrected chi connectivity index (χ0v) is 14.0. The molecule has 0 aliphatic rings. The molecule has 1 heterocycles. The topological polar surface area (TPSA) is 68.3 Å². The fourth-order valence-electron chi connectivity index (χ4n) is 2.37. The second-order valence-electron chi connectivity index (χ2n) is 5.51. The van der Waals surface area contributed by atoms with Crippen molar-refractivity contribution in [2.24, 2.45) is 5.73 Å². The quantitative estimate of drug-likeness (QED) is 0.888. The van der Waals surface area contributed by atoms with Gasteiger partial charge in [0, 0.05) is 6.04 Å². The van der Waals surface area contributed by atoms with E-state index in [0.29, 0.717) is 17.9 Å². The highest BCUT2D eigenvalue weighted by Crippen LogP contribution is 2.13. The van der Waals surface area contributed by atoms with Crippen molar-refractivity contribution in [3.8, 4) is 0 Å². The molecule has 1 aromatic carbocycles. The Bertz CT molecular complexity index is 637. The van der Waals surface area contributed by atoms with Gasteiger partial charge in [0.15, 0.2) is 0 Å². The number of carbonyl (C=O) groups excluding carboxylic acids is 1. The maximum atomic E-state index is 12.1. The summed E-state index contributed by atoms with van der Waals surface area (Å²) in [5.41, 5.74) is 9.74. The van der Waals surface area contributed by atoms with Crippen LogP contribution in [0.3, 0.4) is 0 Å². The van der Waals surface area contributed by atoms with Crippen LogP contribution in [0.5, 0.6) is 0 Å². The number of halogens is 1. The van der Waals surface area contributed by atoms with Crippen LogP contribution in [-0.4, -0.2) is 11.9 Å².